The van der Waals surface area contributed by atoms with Crippen LogP contribution in [0.15, 0.2) is 16.9 Å². The summed E-state index contributed by atoms with van der Waals surface area (Å²) in [6.45, 7) is 1.69. The van der Waals surface area contributed by atoms with Crippen molar-refractivity contribution in [1.29, 1.82) is 0 Å². The van der Waals surface area contributed by atoms with E-state index in [-0.39, 0.29) is 5.60 Å². The molecular weight excluding hydrogens is 228 g/mol. The normalized spacial score (nSPS) is 26.8. The van der Waals surface area contributed by atoms with Gasteiger partial charge in [-0.3, -0.25) is 0 Å². The van der Waals surface area contributed by atoms with Gasteiger partial charge in [0.1, 0.15) is 6.26 Å². The van der Waals surface area contributed by atoms with Crippen molar-refractivity contribution < 1.29 is 9.26 Å². The van der Waals surface area contributed by atoms with E-state index in [2.05, 4.69) is 10.5 Å². The molecule has 4 heteroatoms. The van der Waals surface area contributed by atoms with Crippen molar-refractivity contribution in [3.05, 3.63) is 18.0 Å². The largest absolute Gasteiger partial charge is 0.370 e. The van der Waals surface area contributed by atoms with Crippen LogP contribution < -0.4 is 5.32 Å². The summed E-state index contributed by atoms with van der Waals surface area (Å²) < 4.78 is 11.1. The number of aromatic nitrogens is 1. The summed E-state index contributed by atoms with van der Waals surface area (Å²) >= 11 is 0. The van der Waals surface area contributed by atoms with E-state index in [1.165, 1.54) is 44.9 Å². The molecule has 1 aliphatic heterocycles. The average Bonchev–Trinajstić information content (AvgIpc) is 3.02. The zero-order chi connectivity index (χ0) is 12.3. The molecule has 1 unspecified atom stereocenters. The maximum atomic E-state index is 6.30. The Morgan fingerprint density at radius 3 is 2.94 bits per heavy atom. The lowest BCUT2D eigenvalue weighted by Gasteiger charge is -2.33. The third kappa shape index (κ3) is 2.75. The van der Waals surface area contributed by atoms with Gasteiger partial charge in [0.05, 0.1) is 17.4 Å². The van der Waals surface area contributed by atoms with Gasteiger partial charge in [-0.1, -0.05) is 24.4 Å². The number of hydrogen-bond acceptors (Lipinski definition) is 4. The monoisotopic (exact) mass is 250 g/mol. The van der Waals surface area contributed by atoms with Crippen molar-refractivity contribution in [1.82, 2.24) is 10.5 Å². The van der Waals surface area contributed by atoms with Crippen molar-refractivity contribution in [3.8, 4) is 0 Å². The molecule has 3 rings (SSSR count). The molecule has 1 saturated carbocycles. The van der Waals surface area contributed by atoms with Gasteiger partial charge in [-0.25, -0.2) is 0 Å². The predicted molar refractivity (Wildman–Crippen MR) is 68.1 cm³/mol. The van der Waals surface area contributed by atoms with Crippen LogP contribution in [0.4, 0.5) is 0 Å². The van der Waals surface area contributed by atoms with E-state index in [1.807, 2.05) is 6.07 Å². The van der Waals surface area contributed by atoms with Crippen molar-refractivity contribution in [2.75, 3.05) is 6.54 Å². The molecule has 0 radical (unpaired) electrons. The van der Waals surface area contributed by atoms with E-state index < -0.39 is 0 Å². The fourth-order valence-electron chi connectivity index (χ4n) is 3.29. The van der Waals surface area contributed by atoms with Crippen LogP contribution in [0.25, 0.3) is 0 Å². The van der Waals surface area contributed by atoms with Crippen LogP contribution in [-0.4, -0.2) is 23.4 Å². The minimum Gasteiger partial charge on any atom is -0.370 e. The zero-order valence-corrected chi connectivity index (χ0v) is 10.9. The van der Waals surface area contributed by atoms with Crippen LogP contribution in [0.2, 0.25) is 0 Å². The molecule has 1 atom stereocenters. The Bertz CT molecular complexity index is 358. The molecule has 18 heavy (non-hydrogen) atoms. The number of nitrogens with zero attached hydrogens (tertiary/aromatic N) is 1. The van der Waals surface area contributed by atoms with Crippen LogP contribution >= 0.6 is 0 Å². The molecule has 0 bridgehead atoms. The second-order valence-electron chi connectivity index (χ2n) is 5.64. The van der Waals surface area contributed by atoms with E-state index in [0.717, 1.165) is 18.8 Å². The second-order valence-corrected chi connectivity index (χ2v) is 5.64. The first-order chi connectivity index (χ1) is 8.86. The lowest BCUT2D eigenvalue weighted by Crippen LogP contribution is -2.34. The number of ether oxygens (including phenoxy) is 1. The topological polar surface area (TPSA) is 47.3 Å². The van der Waals surface area contributed by atoms with Gasteiger partial charge in [-0.2, -0.15) is 0 Å². The van der Waals surface area contributed by atoms with Crippen LogP contribution in [0.3, 0.4) is 0 Å². The smallest absolute Gasteiger partial charge is 0.124 e. The number of nitrogens with one attached hydrogen (secondary N) is 1. The SMILES string of the molecule is c1cc(CNCC2CCC3(CCCCC3)O2)no1. The average molecular weight is 250 g/mol. The Kier molecular flexibility index (Phi) is 3.66. The van der Waals surface area contributed by atoms with Gasteiger partial charge < -0.3 is 14.6 Å². The summed E-state index contributed by atoms with van der Waals surface area (Å²) in [7, 11) is 0. The van der Waals surface area contributed by atoms with Gasteiger partial charge >= 0.3 is 0 Å². The van der Waals surface area contributed by atoms with Gasteiger partial charge in [0.25, 0.3) is 0 Å². The van der Waals surface area contributed by atoms with E-state index in [0.29, 0.717) is 6.10 Å². The van der Waals surface area contributed by atoms with Crippen molar-refractivity contribution >= 4 is 0 Å². The van der Waals surface area contributed by atoms with Gasteiger partial charge in [-0.05, 0) is 25.7 Å². The van der Waals surface area contributed by atoms with E-state index in [1.54, 1.807) is 6.26 Å². The molecular formula is C14H22N2O2. The zero-order valence-electron chi connectivity index (χ0n) is 10.9. The highest BCUT2D eigenvalue weighted by molar-refractivity contribution is 4.95. The second kappa shape index (κ2) is 5.41. The summed E-state index contributed by atoms with van der Waals surface area (Å²) in [5.74, 6) is 0. The van der Waals surface area contributed by atoms with Crippen molar-refractivity contribution in [2.24, 2.45) is 0 Å². The molecule has 0 amide bonds. The molecule has 1 N–H and O–H groups in total. The summed E-state index contributed by atoms with van der Waals surface area (Å²) in [6, 6.07) is 1.89. The Labute approximate surface area is 108 Å². The maximum absolute atomic E-state index is 6.30. The highest BCUT2D eigenvalue weighted by Gasteiger charge is 2.40. The molecule has 2 fully saturated rings. The molecule has 1 aromatic heterocycles. The third-order valence-corrected chi connectivity index (χ3v) is 4.27. The van der Waals surface area contributed by atoms with Crippen LogP contribution in [0.1, 0.15) is 50.6 Å². The molecule has 1 aliphatic carbocycles. The van der Waals surface area contributed by atoms with Crippen molar-refractivity contribution in [2.45, 2.75) is 63.2 Å². The fourth-order valence-corrected chi connectivity index (χ4v) is 3.29. The Morgan fingerprint density at radius 1 is 1.28 bits per heavy atom. The van der Waals surface area contributed by atoms with Crippen molar-refractivity contribution in [3.63, 3.8) is 0 Å². The minimum absolute atomic E-state index is 0.235. The van der Waals surface area contributed by atoms with Crippen LogP contribution in [0.5, 0.6) is 0 Å². The third-order valence-electron chi connectivity index (χ3n) is 4.27. The van der Waals surface area contributed by atoms with E-state index in [4.69, 9.17) is 9.26 Å². The molecule has 1 saturated heterocycles. The van der Waals surface area contributed by atoms with Gasteiger partial charge in [0.2, 0.25) is 0 Å². The maximum Gasteiger partial charge on any atom is 0.124 e. The first kappa shape index (κ1) is 12.2. The van der Waals surface area contributed by atoms with Crippen LogP contribution in [0, 0.1) is 0 Å². The minimum atomic E-state index is 0.235. The molecule has 100 valence electrons. The lowest BCUT2D eigenvalue weighted by molar-refractivity contribution is -0.0624. The lowest BCUT2D eigenvalue weighted by atomic mass is 9.83. The van der Waals surface area contributed by atoms with Gasteiger partial charge in [0.15, 0.2) is 0 Å². The summed E-state index contributed by atoms with van der Waals surface area (Å²) in [4.78, 5) is 0. The Balaban J connectivity index is 1.42. The van der Waals surface area contributed by atoms with E-state index >= 15 is 0 Å². The highest BCUT2D eigenvalue weighted by Crippen LogP contribution is 2.41. The summed E-state index contributed by atoms with van der Waals surface area (Å²) in [5, 5.41) is 7.29. The standard InChI is InChI=1S/C14H22N2O2/c1-2-6-14(7-3-1)8-4-13(18-14)11-15-10-12-5-9-17-16-12/h5,9,13,15H,1-4,6-8,10-11H2. The van der Waals surface area contributed by atoms with Crippen LogP contribution in [-0.2, 0) is 11.3 Å². The van der Waals surface area contributed by atoms with Gasteiger partial charge in [-0.15, -0.1) is 0 Å². The fraction of sp³-hybridized carbons (Fsp3) is 0.786. The molecule has 2 heterocycles. The molecule has 1 aromatic rings. The highest BCUT2D eigenvalue weighted by atomic mass is 16.5. The Morgan fingerprint density at radius 2 is 2.17 bits per heavy atom. The quantitative estimate of drug-likeness (QED) is 0.892. The van der Waals surface area contributed by atoms with E-state index in [9.17, 15) is 0 Å². The predicted octanol–water partition coefficient (Wildman–Crippen LogP) is 2.65. The first-order valence-corrected chi connectivity index (χ1v) is 7.14. The summed E-state index contributed by atoms with van der Waals surface area (Å²) in [5.41, 5.74) is 1.19. The summed E-state index contributed by atoms with van der Waals surface area (Å²) in [6.07, 6.45) is 11.1. The first-order valence-electron chi connectivity index (χ1n) is 7.14. The van der Waals surface area contributed by atoms with Gasteiger partial charge in [0, 0.05) is 19.2 Å². The Hall–Kier alpha value is -0.870. The molecule has 1 spiro atoms. The molecule has 4 nitrogen and oxygen atoms in total. The molecule has 2 aliphatic rings. The molecule has 0 aromatic carbocycles. The number of hydrogen-bond donors (Lipinski definition) is 1. The number of rotatable bonds is 4.